The van der Waals surface area contributed by atoms with Crippen LogP contribution in [0.25, 0.3) is 110 Å². The summed E-state index contributed by atoms with van der Waals surface area (Å²) in [5, 5.41) is 11.1. The first-order chi connectivity index (χ1) is 24.8. The van der Waals surface area contributed by atoms with Crippen LogP contribution in [0.4, 0.5) is 0 Å². The molecule has 0 aliphatic heterocycles. The number of benzene rings is 8. The summed E-state index contributed by atoms with van der Waals surface area (Å²) in [5.74, 6) is 0. The molecule has 230 valence electrons. The van der Waals surface area contributed by atoms with Crippen LogP contribution in [0.3, 0.4) is 0 Å². The SMILES string of the molecule is c1ccc(-n2c3ccc(-c4cc5c6ccc7ccccc7c6n6c7nc8ccccc8nc7c(c4)c56)cc3c3c4ccccc4ccc32)cc1. The molecule has 8 aromatic carbocycles. The van der Waals surface area contributed by atoms with Gasteiger partial charge < -0.3 is 4.57 Å². The highest BCUT2D eigenvalue weighted by molar-refractivity contribution is 6.28. The lowest BCUT2D eigenvalue weighted by Gasteiger charge is -2.08. The molecule has 0 unspecified atom stereocenters. The number of para-hydroxylation sites is 3. The third-order valence-corrected chi connectivity index (χ3v) is 10.8. The molecular formula is C46H26N4. The Bertz CT molecular complexity index is 3370. The summed E-state index contributed by atoms with van der Waals surface area (Å²) in [5.41, 5.74) is 11.9. The average molecular weight is 635 g/mol. The molecule has 0 atom stereocenters. The molecule has 0 aliphatic carbocycles. The van der Waals surface area contributed by atoms with Gasteiger partial charge in [0.2, 0.25) is 0 Å². The van der Waals surface area contributed by atoms with Gasteiger partial charge in [-0.15, -0.1) is 0 Å². The van der Waals surface area contributed by atoms with Crippen molar-refractivity contribution >= 4 is 92.7 Å². The van der Waals surface area contributed by atoms with E-state index >= 15 is 0 Å². The summed E-state index contributed by atoms with van der Waals surface area (Å²) >= 11 is 0. The smallest absolute Gasteiger partial charge is 0.165 e. The molecule has 4 heteroatoms. The molecule has 0 bridgehead atoms. The van der Waals surface area contributed by atoms with Crippen molar-refractivity contribution in [3.8, 4) is 16.8 Å². The third kappa shape index (κ3) is 3.34. The Balaban J connectivity index is 1.22. The van der Waals surface area contributed by atoms with E-state index in [1.54, 1.807) is 0 Å². The van der Waals surface area contributed by atoms with E-state index in [1.165, 1.54) is 76.3 Å². The average Bonchev–Trinajstić information content (AvgIpc) is 3.81. The standard InChI is InChI=1S/C46H26N4/c1-2-12-31(13-3-1)49-40-22-20-29(24-36(40)42-32-14-6-4-10-27(32)19-23-41(42)49)30-25-35-34-21-18-28-11-5-7-15-33(28)44(34)50-45(35)37(26-30)43-46(50)48-39-17-9-8-16-38(39)47-43/h1-26H. The molecule has 0 saturated heterocycles. The summed E-state index contributed by atoms with van der Waals surface area (Å²) in [6.45, 7) is 0. The lowest BCUT2D eigenvalue weighted by molar-refractivity contribution is 1.18. The fourth-order valence-electron chi connectivity index (χ4n) is 8.62. The summed E-state index contributed by atoms with van der Waals surface area (Å²) in [4.78, 5) is 10.5. The van der Waals surface area contributed by atoms with Gasteiger partial charge in [0.15, 0.2) is 5.65 Å². The number of fused-ring (bicyclic) bond motifs is 14. The van der Waals surface area contributed by atoms with E-state index in [0.717, 1.165) is 33.3 Å². The van der Waals surface area contributed by atoms with E-state index in [2.05, 4.69) is 155 Å². The second-order valence-electron chi connectivity index (χ2n) is 13.4. The second-order valence-corrected chi connectivity index (χ2v) is 13.4. The van der Waals surface area contributed by atoms with Crippen molar-refractivity contribution in [2.24, 2.45) is 0 Å². The minimum absolute atomic E-state index is 0.903. The highest BCUT2D eigenvalue weighted by Crippen LogP contribution is 2.44. The molecule has 0 saturated carbocycles. The van der Waals surface area contributed by atoms with Crippen LogP contribution in [-0.4, -0.2) is 18.9 Å². The molecule has 0 amide bonds. The summed E-state index contributed by atoms with van der Waals surface area (Å²) in [6, 6.07) is 57.0. The zero-order valence-corrected chi connectivity index (χ0v) is 26.8. The first-order valence-electron chi connectivity index (χ1n) is 17.1. The molecule has 0 spiro atoms. The molecule has 4 nitrogen and oxygen atoms in total. The predicted molar refractivity (Wildman–Crippen MR) is 209 cm³/mol. The summed E-state index contributed by atoms with van der Waals surface area (Å²) in [6.07, 6.45) is 0. The second kappa shape index (κ2) is 9.43. The minimum atomic E-state index is 0.903. The lowest BCUT2D eigenvalue weighted by Crippen LogP contribution is -1.93. The maximum absolute atomic E-state index is 5.26. The fraction of sp³-hybridized carbons (Fsp3) is 0. The molecule has 50 heavy (non-hydrogen) atoms. The number of aromatic nitrogens is 4. The van der Waals surface area contributed by atoms with Crippen LogP contribution in [0.1, 0.15) is 0 Å². The van der Waals surface area contributed by atoms with E-state index in [9.17, 15) is 0 Å². The first kappa shape index (κ1) is 26.2. The number of rotatable bonds is 2. The van der Waals surface area contributed by atoms with Crippen LogP contribution in [0, 0.1) is 0 Å². The van der Waals surface area contributed by atoms with Crippen molar-refractivity contribution in [2.75, 3.05) is 0 Å². The largest absolute Gasteiger partial charge is 0.309 e. The van der Waals surface area contributed by atoms with Crippen LogP contribution >= 0.6 is 0 Å². The maximum atomic E-state index is 5.26. The van der Waals surface area contributed by atoms with Crippen LogP contribution in [0.5, 0.6) is 0 Å². The predicted octanol–water partition coefficient (Wildman–Crippen LogP) is 11.9. The Morgan fingerprint density at radius 1 is 0.400 bits per heavy atom. The van der Waals surface area contributed by atoms with Gasteiger partial charge in [0.25, 0.3) is 0 Å². The molecule has 12 aromatic rings. The molecular weight excluding hydrogens is 609 g/mol. The van der Waals surface area contributed by atoms with Crippen molar-refractivity contribution in [1.29, 1.82) is 0 Å². The number of nitrogens with zero attached hydrogens (tertiary/aromatic N) is 4. The molecule has 12 rings (SSSR count). The van der Waals surface area contributed by atoms with Crippen molar-refractivity contribution < 1.29 is 0 Å². The van der Waals surface area contributed by atoms with Gasteiger partial charge in [-0.2, -0.15) is 0 Å². The molecule has 0 fully saturated rings. The van der Waals surface area contributed by atoms with E-state index in [1.807, 2.05) is 12.1 Å². The normalized spacial score (nSPS) is 12.4. The maximum Gasteiger partial charge on any atom is 0.165 e. The van der Waals surface area contributed by atoms with E-state index in [-0.39, 0.29) is 0 Å². The quantitative estimate of drug-likeness (QED) is 0.190. The Hall–Kier alpha value is -6.78. The van der Waals surface area contributed by atoms with Gasteiger partial charge >= 0.3 is 0 Å². The van der Waals surface area contributed by atoms with Gasteiger partial charge in [-0.3, -0.25) is 4.40 Å². The highest BCUT2D eigenvalue weighted by Gasteiger charge is 2.23. The minimum Gasteiger partial charge on any atom is -0.309 e. The van der Waals surface area contributed by atoms with Crippen molar-refractivity contribution in [3.63, 3.8) is 0 Å². The molecule has 0 radical (unpaired) electrons. The van der Waals surface area contributed by atoms with Gasteiger partial charge in [-0.25, -0.2) is 9.97 Å². The van der Waals surface area contributed by atoms with E-state index in [4.69, 9.17) is 9.97 Å². The Labute approximate surface area is 285 Å². The van der Waals surface area contributed by atoms with Crippen LogP contribution in [0.2, 0.25) is 0 Å². The van der Waals surface area contributed by atoms with Crippen LogP contribution in [0.15, 0.2) is 158 Å². The summed E-state index contributed by atoms with van der Waals surface area (Å²) < 4.78 is 4.77. The van der Waals surface area contributed by atoms with Crippen molar-refractivity contribution in [2.45, 2.75) is 0 Å². The topological polar surface area (TPSA) is 35.1 Å². The first-order valence-corrected chi connectivity index (χ1v) is 17.1. The van der Waals surface area contributed by atoms with Crippen LogP contribution < -0.4 is 0 Å². The van der Waals surface area contributed by atoms with Gasteiger partial charge in [0.1, 0.15) is 5.52 Å². The summed E-state index contributed by atoms with van der Waals surface area (Å²) in [7, 11) is 0. The van der Waals surface area contributed by atoms with Crippen LogP contribution in [-0.2, 0) is 0 Å². The van der Waals surface area contributed by atoms with E-state index in [0.29, 0.717) is 0 Å². The van der Waals surface area contributed by atoms with Gasteiger partial charge in [0.05, 0.1) is 33.1 Å². The fourth-order valence-corrected chi connectivity index (χ4v) is 8.62. The van der Waals surface area contributed by atoms with E-state index < -0.39 is 0 Å². The third-order valence-electron chi connectivity index (χ3n) is 10.8. The lowest BCUT2D eigenvalue weighted by atomic mass is 9.97. The molecule has 0 N–H and O–H groups in total. The molecule has 4 aromatic heterocycles. The highest BCUT2D eigenvalue weighted by atomic mass is 15.0. The van der Waals surface area contributed by atoms with Gasteiger partial charge in [-0.1, -0.05) is 103 Å². The van der Waals surface area contributed by atoms with Gasteiger partial charge in [0, 0.05) is 38.0 Å². The Morgan fingerprint density at radius 3 is 1.90 bits per heavy atom. The monoisotopic (exact) mass is 634 g/mol. The zero-order chi connectivity index (χ0) is 32.5. The Morgan fingerprint density at radius 2 is 1.04 bits per heavy atom. The number of hydrogen-bond acceptors (Lipinski definition) is 2. The Kier molecular flexibility index (Phi) is 4.94. The van der Waals surface area contributed by atoms with Crippen molar-refractivity contribution in [1.82, 2.24) is 18.9 Å². The number of hydrogen-bond donors (Lipinski definition) is 0. The zero-order valence-electron chi connectivity index (χ0n) is 26.8. The molecule has 4 heterocycles. The molecule has 0 aliphatic rings. The van der Waals surface area contributed by atoms with Crippen molar-refractivity contribution in [3.05, 3.63) is 158 Å². The van der Waals surface area contributed by atoms with Gasteiger partial charge in [-0.05, 0) is 81.9 Å².